The average Bonchev–Trinajstić information content (AvgIpc) is 2.19. The van der Waals surface area contributed by atoms with Crippen molar-refractivity contribution in [2.45, 2.75) is 44.9 Å². The third-order valence-electron chi connectivity index (χ3n) is 2.94. The van der Waals surface area contributed by atoms with Gasteiger partial charge >= 0.3 is 0 Å². The lowest BCUT2D eigenvalue weighted by molar-refractivity contribution is -0.118. The van der Waals surface area contributed by atoms with Crippen LogP contribution in [0.3, 0.4) is 0 Å². The summed E-state index contributed by atoms with van der Waals surface area (Å²) in [5.74, 6) is -0.267. The highest BCUT2D eigenvalue weighted by molar-refractivity contribution is 6.22. The highest BCUT2D eigenvalue weighted by atomic mass is 35.5. The van der Waals surface area contributed by atoms with Gasteiger partial charge in [0.1, 0.15) is 0 Å². The van der Waals surface area contributed by atoms with Crippen molar-refractivity contribution >= 4 is 17.5 Å². The van der Waals surface area contributed by atoms with Gasteiger partial charge in [-0.2, -0.15) is 0 Å². The highest BCUT2D eigenvalue weighted by Gasteiger charge is 2.22. The maximum Gasteiger partial charge on any atom is 0.236 e. The van der Waals surface area contributed by atoms with E-state index in [0.29, 0.717) is 6.54 Å². The number of primary amides is 1. The van der Waals surface area contributed by atoms with Gasteiger partial charge in [-0.05, 0) is 31.8 Å². The SMILES string of the molecule is CCCC1=C(C(C)Cl)CCCN1CC(N)=O. The molecular formula is C12H21ClN2O. The molecule has 0 aliphatic carbocycles. The molecular weight excluding hydrogens is 224 g/mol. The number of halogens is 1. The summed E-state index contributed by atoms with van der Waals surface area (Å²) in [7, 11) is 0. The second-order valence-corrected chi connectivity index (χ2v) is 4.98. The second-order valence-electron chi connectivity index (χ2n) is 4.33. The number of carbonyl (C=O) groups is 1. The summed E-state index contributed by atoms with van der Waals surface area (Å²) in [4.78, 5) is 13.1. The second kappa shape index (κ2) is 6.14. The van der Waals surface area contributed by atoms with Crippen molar-refractivity contribution < 1.29 is 4.79 Å². The monoisotopic (exact) mass is 244 g/mol. The largest absolute Gasteiger partial charge is 0.368 e. The molecule has 1 rings (SSSR count). The van der Waals surface area contributed by atoms with E-state index in [2.05, 4.69) is 11.8 Å². The summed E-state index contributed by atoms with van der Waals surface area (Å²) in [6.07, 6.45) is 4.17. The number of hydrogen-bond donors (Lipinski definition) is 1. The van der Waals surface area contributed by atoms with Crippen molar-refractivity contribution in [3.63, 3.8) is 0 Å². The number of alkyl halides is 1. The van der Waals surface area contributed by atoms with Gasteiger partial charge < -0.3 is 10.6 Å². The van der Waals surface area contributed by atoms with Crippen molar-refractivity contribution in [1.82, 2.24) is 4.90 Å². The minimum Gasteiger partial charge on any atom is -0.368 e. The van der Waals surface area contributed by atoms with E-state index in [0.717, 1.165) is 32.2 Å². The molecule has 2 N–H and O–H groups in total. The minimum absolute atomic E-state index is 0.0530. The van der Waals surface area contributed by atoms with Crippen molar-refractivity contribution in [3.8, 4) is 0 Å². The summed E-state index contributed by atoms with van der Waals surface area (Å²) in [5, 5.41) is 0.0530. The smallest absolute Gasteiger partial charge is 0.236 e. The molecule has 3 nitrogen and oxygen atoms in total. The number of rotatable bonds is 5. The van der Waals surface area contributed by atoms with Crippen LogP contribution in [0.25, 0.3) is 0 Å². The number of allylic oxidation sites excluding steroid dienone is 2. The third kappa shape index (κ3) is 3.41. The van der Waals surface area contributed by atoms with E-state index in [1.54, 1.807) is 0 Å². The van der Waals surface area contributed by atoms with Crippen LogP contribution >= 0.6 is 11.6 Å². The van der Waals surface area contributed by atoms with Gasteiger partial charge in [-0.1, -0.05) is 13.3 Å². The predicted octanol–water partition coefficient (Wildman–Crippen LogP) is 2.25. The lowest BCUT2D eigenvalue weighted by atomic mass is 9.97. The van der Waals surface area contributed by atoms with E-state index < -0.39 is 0 Å². The Labute approximate surface area is 103 Å². The molecule has 0 saturated heterocycles. The average molecular weight is 245 g/mol. The van der Waals surface area contributed by atoms with Crippen LogP contribution in [0.5, 0.6) is 0 Å². The van der Waals surface area contributed by atoms with Crippen molar-refractivity contribution in [2.24, 2.45) is 5.73 Å². The fourth-order valence-electron chi connectivity index (χ4n) is 2.29. The Morgan fingerprint density at radius 3 is 2.81 bits per heavy atom. The van der Waals surface area contributed by atoms with Gasteiger partial charge in [-0.3, -0.25) is 4.79 Å². The van der Waals surface area contributed by atoms with Gasteiger partial charge in [-0.15, -0.1) is 11.6 Å². The van der Waals surface area contributed by atoms with Gasteiger partial charge in [0.25, 0.3) is 0 Å². The zero-order chi connectivity index (χ0) is 12.1. The maximum absolute atomic E-state index is 11.0. The topological polar surface area (TPSA) is 46.3 Å². The van der Waals surface area contributed by atoms with Crippen molar-refractivity contribution in [2.75, 3.05) is 13.1 Å². The Balaban J connectivity index is 2.90. The molecule has 0 fully saturated rings. The summed E-state index contributed by atoms with van der Waals surface area (Å²) in [6, 6.07) is 0. The van der Waals surface area contributed by atoms with Crippen LogP contribution in [0.2, 0.25) is 0 Å². The third-order valence-corrected chi connectivity index (χ3v) is 3.20. The Morgan fingerprint density at radius 1 is 1.62 bits per heavy atom. The van der Waals surface area contributed by atoms with Crippen LogP contribution in [0.4, 0.5) is 0 Å². The van der Waals surface area contributed by atoms with E-state index in [4.69, 9.17) is 17.3 Å². The lowest BCUT2D eigenvalue weighted by Gasteiger charge is -2.34. The molecule has 1 aliphatic heterocycles. The van der Waals surface area contributed by atoms with Crippen molar-refractivity contribution in [3.05, 3.63) is 11.3 Å². The zero-order valence-corrected chi connectivity index (χ0v) is 10.9. The van der Waals surface area contributed by atoms with Gasteiger partial charge in [0.05, 0.1) is 11.9 Å². The fraction of sp³-hybridized carbons (Fsp3) is 0.750. The highest BCUT2D eigenvalue weighted by Crippen LogP contribution is 2.29. The molecule has 0 aromatic heterocycles. The first-order valence-corrected chi connectivity index (χ1v) is 6.39. The number of carbonyl (C=O) groups excluding carboxylic acids is 1. The van der Waals surface area contributed by atoms with E-state index in [-0.39, 0.29) is 11.3 Å². The molecule has 0 radical (unpaired) electrons. The van der Waals surface area contributed by atoms with E-state index >= 15 is 0 Å². The van der Waals surface area contributed by atoms with Gasteiger partial charge in [0.15, 0.2) is 0 Å². The molecule has 1 amide bonds. The molecule has 16 heavy (non-hydrogen) atoms. The Morgan fingerprint density at radius 2 is 2.31 bits per heavy atom. The van der Waals surface area contributed by atoms with Crippen LogP contribution in [-0.2, 0) is 4.79 Å². The Bertz CT molecular complexity index is 287. The summed E-state index contributed by atoms with van der Waals surface area (Å²) < 4.78 is 0. The quantitative estimate of drug-likeness (QED) is 0.754. The number of nitrogens with zero attached hydrogens (tertiary/aromatic N) is 1. The van der Waals surface area contributed by atoms with Crippen molar-refractivity contribution in [1.29, 1.82) is 0 Å². The molecule has 92 valence electrons. The zero-order valence-electron chi connectivity index (χ0n) is 10.1. The lowest BCUT2D eigenvalue weighted by Crippen LogP contribution is -2.37. The Kier molecular flexibility index (Phi) is 5.13. The standard InChI is InChI=1S/C12H21ClN2O/c1-3-5-11-10(9(2)13)6-4-7-15(11)8-12(14)16/h9H,3-8H2,1-2H3,(H2,14,16). The van der Waals surface area contributed by atoms with Crippen LogP contribution in [-0.4, -0.2) is 29.3 Å². The van der Waals surface area contributed by atoms with Gasteiger partial charge in [0, 0.05) is 12.2 Å². The van der Waals surface area contributed by atoms with Crippen LogP contribution in [0, 0.1) is 0 Å². The molecule has 1 heterocycles. The summed E-state index contributed by atoms with van der Waals surface area (Å²) in [5.41, 5.74) is 7.80. The number of hydrogen-bond acceptors (Lipinski definition) is 2. The summed E-state index contributed by atoms with van der Waals surface area (Å²) in [6.45, 7) is 5.38. The van der Waals surface area contributed by atoms with Gasteiger partial charge in [-0.25, -0.2) is 0 Å². The predicted molar refractivity (Wildman–Crippen MR) is 67.3 cm³/mol. The fourth-order valence-corrected chi connectivity index (χ4v) is 2.52. The molecule has 0 aromatic carbocycles. The molecule has 0 bridgehead atoms. The molecule has 4 heteroatoms. The maximum atomic E-state index is 11.0. The van der Waals surface area contributed by atoms with Crippen LogP contribution < -0.4 is 5.73 Å². The van der Waals surface area contributed by atoms with Crippen LogP contribution in [0.1, 0.15) is 39.5 Å². The van der Waals surface area contributed by atoms with Crippen LogP contribution in [0.15, 0.2) is 11.3 Å². The first kappa shape index (κ1) is 13.4. The van der Waals surface area contributed by atoms with E-state index in [1.165, 1.54) is 11.3 Å². The molecule has 0 spiro atoms. The molecule has 1 atom stereocenters. The van der Waals surface area contributed by atoms with Gasteiger partial charge in [0.2, 0.25) is 5.91 Å². The normalized spacial score (nSPS) is 18.8. The Hall–Kier alpha value is -0.700. The molecule has 1 unspecified atom stereocenters. The first-order chi connectivity index (χ1) is 7.56. The molecule has 0 aromatic rings. The number of amides is 1. The molecule has 1 aliphatic rings. The first-order valence-electron chi connectivity index (χ1n) is 5.95. The number of nitrogens with two attached hydrogens (primary N) is 1. The summed E-state index contributed by atoms with van der Waals surface area (Å²) >= 11 is 6.19. The molecule has 0 saturated carbocycles. The van der Waals surface area contributed by atoms with E-state index in [9.17, 15) is 4.79 Å². The van der Waals surface area contributed by atoms with E-state index in [1.807, 2.05) is 6.92 Å². The minimum atomic E-state index is -0.267.